The number of carbonyl (C=O) groups excluding carboxylic acids is 1. The third kappa shape index (κ3) is 3.84. The minimum atomic E-state index is -0.951. The number of rotatable bonds is 5. The molecule has 1 amide bonds. The number of benzene rings is 1. The molecule has 0 aromatic heterocycles. The van der Waals surface area contributed by atoms with Crippen molar-refractivity contribution in [3.05, 3.63) is 35.4 Å². The van der Waals surface area contributed by atoms with Crippen LogP contribution in [0.3, 0.4) is 0 Å². The molecule has 0 aliphatic carbocycles. The second-order valence-electron chi connectivity index (χ2n) is 6.60. The maximum atomic E-state index is 12.5. The third-order valence-corrected chi connectivity index (χ3v) is 4.77. The van der Waals surface area contributed by atoms with Crippen LogP contribution in [-0.2, 0) is 14.4 Å². The van der Waals surface area contributed by atoms with Gasteiger partial charge in [0, 0.05) is 18.5 Å². The largest absolute Gasteiger partial charge is 0.480 e. The number of likely N-dealkylation sites (tertiary alicyclic amines) is 1. The van der Waals surface area contributed by atoms with E-state index >= 15 is 0 Å². The lowest BCUT2D eigenvalue weighted by Gasteiger charge is -2.33. The summed E-state index contributed by atoms with van der Waals surface area (Å²) in [7, 11) is 0. The Balaban J connectivity index is 1.58. The molecule has 1 unspecified atom stereocenters. The predicted molar refractivity (Wildman–Crippen MR) is 95.1 cm³/mol. The fourth-order valence-electron chi connectivity index (χ4n) is 3.35. The summed E-state index contributed by atoms with van der Waals surface area (Å²) in [5.74, 6) is -1.16. The maximum absolute atomic E-state index is 12.5. The second-order valence-corrected chi connectivity index (χ2v) is 6.60. The van der Waals surface area contributed by atoms with Gasteiger partial charge < -0.3 is 20.6 Å². The van der Waals surface area contributed by atoms with E-state index in [2.05, 4.69) is 5.16 Å². The molecule has 3 rings (SSSR count). The first-order chi connectivity index (χ1) is 12.5. The number of nitrogens with one attached hydrogen (secondary N) is 1. The van der Waals surface area contributed by atoms with Gasteiger partial charge in [-0.25, -0.2) is 4.79 Å². The van der Waals surface area contributed by atoms with Crippen molar-refractivity contribution in [1.29, 1.82) is 5.41 Å². The Bertz CT molecular complexity index is 744. The summed E-state index contributed by atoms with van der Waals surface area (Å²) < 4.78 is 0. The van der Waals surface area contributed by atoms with Crippen molar-refractivity contribution in [3.8, 4) is 0 Å². The second kappa shape index (κ2) is 7.55. The molecule has 2 aliphatic rings. The minimum absolute atomic E-state index is 0.000787. The van der Waals surface area contributed by atoms with Crippen LogP contribution in [0.25, 0.3) is 0 Å². The van der Waals surface area contributed by atoms with E-state index in [0.717, 1.165) is 24.1 Å². The summed E-state index contributed by atoms with van der Waals surface area (Å²) in [6.07, 6.45) is 2.35. The van der Waals surface area contributed by atoms with Crippen molar-refractivity contribution < 1.29 is 19.5 Å². The lowest BCUT2D eigenvalue weighted by Crippen LogP contribution is -2.48. The highest BCUT2D eigenvalue weighted by Gasteiger charge is 2.34. The molecule has 0 spiro atoms. The molecule has 26 heavy (non-hydrogen) atoms. The molecule has 2 atom stereocenters. The number of amides is 1. The van der Waals surface area contributed by atoms with E-state index in [1.54, 1.807) is 12.1 Å². The average molecular weight is 358 g/mol. The van der Waals surface area contributed by atoms with Crippen molar-refractivity contribution >= 4 is 23.4 Å². The summed E-state index contributed by atoms with van der Waals surface area (Å²) >= 11 is 0. The molecule has 4 N–H and O–H groups in total. The van der Waals surface area contributed by atoms with E-state index in [1.807, 2.05) is 12.1 Å². The van der Waals surface area contributed by atoms with Crippen LogP contribution in [0.15, 0.2) is 29.4 Å². The number of oxime groups is 1. The molecule has 2 heterocycles. The van der Waals surface area contributed by atoms with Crippen LogP contribution in [0.1, 0.15) is 43.2 Å². The Morgan fingerprint density at radius 2 is 2.04 bits per heavy atom. The fourth-order valence-corrected chi connectivity index (χ4v) is 3.35. The molecule has 0 bridgehead atoms. The summed E-state index contributed by atoms with van der Waals surface area (Å²) in [6, 6.07) is 6.37. The van der Waals surface area contributed by atoms with Gasteiger partial charge in [-0.1, -0.05) is 29.4 Å². The van der Waals surface area contributed by atoms with Gasteiger partial charge in [0.2, 0.25) is 5.91 Å². The molecule has 0 radical (unpaired) electrons. The number of carbonyl (C=O) groups is 2. The van der Waals surface area contributed by atoms with Crippen molar-refractivity contribution in [2.75, 3.05) is 6.54 Å². The number of hydrogen-bond donors (Lipinski definition) is 3. The number of carboxylic acid groups (broad SMARTS) is 1. The highest BCUT2D eigenvalue weighted by atomic mass is 16.6. The van der Waals surface area contributed by atoms with E-state index in [1.165, 1.54) is 4.90 Å². The van der Waals surface area contributed by atoms with Gasteiger partial charge in [0.15, 0.2) is 0 Å². The zero-order chi connectivity index (χ0) is 18.7. The number of piperidine rings is 1. The van der Waals surface area contributed by atoms with Crippen molar-refractivity contribution in [2.45, 2.75) is 44.2 Å². The zero-order valence-corrected chi connectivity index (χ0v) is 14.4. The molecule has 8 nitrogen and oxygen atoms in total. The monoisotopic (exact) mass is 358 g/mol. The lowest BCUT2D eigenvalue weighted by molar-refractivity contribution is -0.153. The quantitative estimate of drug-likeness (QED) is 0.540. The molecule has 0 saturated carbocycles. The predicted octanol–water partition coefficient (Wildman–Crippen LogP) is 1.32. The number of nitrogens with two attached hydrogens (primary N) is 1. The number of nitrogens with zero attached hydrogens (tertiary/aromatic N) is 2. The normalized spacial score (nSPS) is 22.5. The Morgan fingerprint density at radius 3 is 2.69 bits per heavy atom. The summed E-state index contributed by atoms with van der Waals surface area (Å²) in [5, 5.41) is 20.8. The van der Waals surface area contributed by atoms with Gasteiger partial charge in [-0.05, 0) is 24.8 Å². The molecule has 2 aliphatic heterocycles. The Labute approximate surface area is 151 Å². The van der Waals surface area contributed by atoms with Gasteiger partial charge >= 0.3 is 5.97 Å². The number of amidine groups is 1. The van der Waals surface area contributed by atoms with Gasteiger partial charge in [0.25, 0.3) is 0 Å². The molecule has 138 valence electrons. The summed E-state index contributed by atoms with van der Waals surface area (Å²) in [5.41, 5.74) is 7.65. The van der Waals surface area contributed by atoms with Crippen molar-refractivity contribution in [3.63, 3.8) is 0 Å². The van der Waals surface area contributed by atoms with E-state index in [-0.39, 0.29) is 24.3 Å². The van der Waals surface area contributed by atoms with Gasteiger partial charge in [0.1, 0.15) is 18.0 Å². The average Bonchev–Trinajstić information content (AvgIpc) is 3.10. The first-order valence-corrected chi connectivity index (χ1v) is 8.65. The first-order valence-electron chi connectivity index (χ1n) is 8.65. The van der Waals surface area contributed by atoms with Crippen LogP contribution in [-0.4, -0.2) is 52.1 Å². The number of aliphatic carboxylic acids is 1. The highest BCUT2D eigenvalue weighted by molar-refractivity contribution is 6.03. The van der Waals surface area contributed by atoms with E-state index in [4.69, 9.17) is 16.0 Å². The maximum Gasteiger partial charge on any atom is 0.326 e. The van der Waals surface area contributed by atoms with Gasteiger partial charge in [-0.15, -0.1) is 0 Å². The van der Waals surface area contributed by atoms with Crippen LogP contribution in [0.4, 0.5) is 0 Å². The van der Waals surface area contributed by atoms with Crippen molar-refractivity contribution in [1.82, 2.24) is 4.90 Å². The molecule has 1 saturated heterocycles. The molecule has 1 aromatic carbocycles. The zero-order valence-electron chi connectivity index (χ0n) is 14.4. The van der Waals surface area contributed by atoms with E-state index in [9.17, 15) is 14.7 Å². The highest BCUT2D eigenvalue weighted by Crippen LogP contribution is 2.23. The Morgan fingerprint density at radius 1 is 1.31 bits per heavy atom. The lowest BCUT2D eigenvalue weighted by atomic mass is 9.99. The van der Waals surface area contributed by atoms with Gasteiger partial charge in [-0.2, -0.15) is 0 Å². The van der Waals surface area contributed by atoms with Crippen LogP contribution in [0.5, 0.6) is 0 Å². The summed E-state index contributed by atoms with van der Waals surface area (Å²) in [6.45, 7) is 0.475. The van der Waals surface area contributed by atoms with Crippen molar-refractivity contribution in [2.24, 2.45) is 10.9 Å². The molecular weight excluding hydrogens is 336 g/mol. The third-order valence-electron chi connectivity index (χ3n) is 4.77. The van der Waals surface area contributed by atoms with Crippen LogP contribution < -0.4 is 5.73 Å². The van der Waals surface area contributed by atoms with Gasteiger partial charge in [0.05, 0.1) is 12.1 Å². The van der Waals surface area contributed by atoms with E-state index in [0.29, 0.717) is 24.9 Å². The van der Waals surface area contributed by atoms with Crippen LogP contribution in [0.2, 0.25) is 0 Å². The standard InChI is InChI=1S/C18H22N4O4/c19-17(20)12-6-4-11(5-7-12)14-9-13(26-21-14)10-16(23)22-8-2-1-3-15(22)18(24)25/h4-7,13,15H,1-3,8-10H2,(H3,19,20)(H,24,25)/t13?,15-/m1/s1. The minimum Gasteiger partial charge on any atom is -0.480 e. The Hall–Kier alpha value is -2.90. The number of carboxylic acids is 1. The number of hydrogen-bond acceptors (Lipinski definition) is 5. The Kier molecular flexibility index (Phi) is 5.20. The number of nitrogen functional groups attached to an aromatic ring is 1. The fraction of sp³-hybridized carbons (Fsp3) is 0.444. The molecule has 1 aromatic rings. The molecule has 1 fully saturated rings. The topological polar surface area (TPSA) is 129 Å². The van der Waals surface area contributed by atoms with Crippen LogP contribution in [0, 0.1) is 5.41 Å². The van der Waals surface area contributed by atoms with Gasteiger partial charge in [-0.3, -0.25) is 10.2 Å². The smallest absolute Gasteiger partial charge is 0.326 e. The van der Waals surface area contributed by atoms with Crippen LogP contribution >= 0.6 is 0 Å². The van der Waals surface area contributed by atoms with E-state index < -0.39 is 12.0 Å². The SMILES string of the molecule is N=C(N)c1ccc(C2=NOC(CC(=O)N3CCCC[C@@H]3C(=O)O)C2)cc1. The first kappa shape index (κ1) is 17.9. The molecule has 8 heteroatoms. The summed E-state index contributed by atoms with van der Waals surface area (Å²) in [4.78, 5) is 30.7. The molecular formula is C18H22N4O4.